The molecule has 5 nitrogen and oxygen atoms in total. The number of aromatic nitrogens is 3. The summed E-state index contributed by atoms with van der Waals surface area (Å²) in [6.45, 7) is 8.87. The Morgan fingerprint density at radius 2 is 2.24 bits per heavy atom. The maximum atomic E-state index is 5.57. The molecule has 1 atom stereocenters. The van der Waals surface area contributed by atoms with E-state index in [4.69, 9.17) is 9.84 Å². The van der Waals surface area contributed by atoms with E-state index in [-0.39, 0.29) is 5.41 Å². The van der Waals surface area contributed by atoms with E-state index in [2.05, 4.69) is 52.7 Å². The lowest BCUT2D eigenvalue weighted by atomic mass is 9.92. The van der Waals surface area contributed by atoms with Crippen LogP contribution in [0.1, 0.15) is 26.5 Å². The minimum absolute atomic E-state index is 0.0309. The van der Waals surface area contributed by atoms with Crippen LogP contribution in [0.15, 0.2) is 18.5 Å². The van der Waals surface area contributed by atoms with Gasteiger partial charge in [-0.1, -0.05) is 36.7 Å². The van der Waals surface area contributed by atoms with Crippen LogP contribution in [0.4, 0.5) is 5.82 Å². The molecule has 1 aliphatic heterocycles. The van der Waals surface area contributed by atoms with E-state index < -0.39 is 0 Å². The first-order chi connectivity index (χ1) is 10.0. The van der Waals surface area contributed by atoms with Gasteiger partial charge in [-0.25, -0.2) is 9.50 Å². The second-order valence-electron chi connectivity index (χ2n) is 6.44. The Hall–Kier alpha value is -1.14. The smallest absolute Gasteiger partial charge is 0.155 e. The molecular weight excluding hydrogens is 332 g/mol. The molecule has 1 saturated heterocycles. The number of rotatable bonds is 2. The Morgan fingerprint density at radius 1 is 1.43 bits per heavy atom. The standard InChI is InChI=1S/C15H21BrN4O/c1-15(2,3)13-8-12-14(17-4-5-20(12)18-13)19-6-7-21-10-11(19)9-16/h4-5,8,11H,6-7,9-10H2,1-3H3. The first-order valence-corrected chi connectivity index (χ1v) is 8.38. The van der Waals surface area contributed by atoms with E-state index in [0.717, 1.165) is 42.1 Å². The molecule has 0 saturated carbocycles. The number of hydrogen-bond donors (Lipinski definition) is 0. The van der Waals surface area contributed by atoms with E-state index in [0.29, 0.717) is 6.04 Å². The van der Waals surface area contributed by atoms with Crippen LogP contribution in [-0.4, -0.2) is 45.7 Å². The van der Waals surface area contributed by atoms with E-state index >= 15 is 0 Å². The summed E-state index contributed by atoms with van der Waals surface area (Å²) < 4.78 is 7.51. The zero-order valence-electron chi connectivity index (χ0n) is 12.7. The van der Waals surface area contributed by atoms with E-state index in [1.54, 1.807) is 0 Å². The van der Waals surface area contributed by atoms with Crippen LogP contribution in [0, 0.1) is 0 Å². The van der Waals surface area contributed by atoms with Crippen molar-refractivity contribution in [3.63, 3.8) is 0 Å². The average molecular weight is 353 g/mol. The molecule has 0 aliphatic carbocycles. The van der Waals surface area contributed by atoms with Crippen molar-refractivity contribution in [2.24, 2.45) is 0 Å². The van der Waals surface area contributed by atoms with Gasteiger partial charge in [0.1, 0.15) is 5.52 Å². The van der Waals surface area contributed by atoms with E-state index in [9.17, 15) is 0 Å². The lowest BCUT2D eigenvalue weighted by molar-refractivity contribution is 0.100. The zero-order valence-corrected chi connectivity index (χ0v) is 14.3. The lowest BCUT2D eigenvalue weighted by Crippen LogP contribution is -2.47. The minimum Gasteiger partial charge on any atom is -0.377 e. The molecule has 114 valence electrons. The van der Waals surface area contributed by atoms with Gasteiger partial charge in [0.25, 0.3) is 0 Å². The fourth-order valence-corrected chi connectivity index (χ4v) is 3.09. The SMILES string of the molecule is CC(C)(C)c1cc2c(N3CCOCC3CBr)nccn2n1. The van der Waals surface area contributed by atoms with Crippen LogP contribution in [0.25, 0.3) is 5.52 Å². The van der Waals surface area contributed by atoms with Crippen LogP contribution < -0.4 is 4.90 Å². The Labute approximate surface area is 133 Å². The molecule has 0 radical (unpaired) electrons. The molecule has 0 amide bonds. The van der Waals surface area contributed by atoms with Crippen molar-refractivity contribution in [3.05, 3.63) is 24.2 Å². The average Bonchev–Trinajstić information content (AvgIpc) is 2.91. The highest BCUT2D eigenvalue weighted by Gasteiger charge is 2.26. The third kappa shape index (κ3) is 2.79. The first kappa shape index (κ1) is 14.8. The van der Waals surface area contributed by atoms with Crippen molar-refractivity contribution in [1.29, 1.82) is 0 Å². The molecule has 3 rings (SSSR count). The second-order valence-corrected chi connectivity index (χ2v) is 7.08. The fourth-order valence-electron chi connectivity index (χ4n) is 2.56. The van der Waals surface area contributed by atoms with Gasteiger partial charge < -0.3 is 9.64 Å². The first-order valence-electron chi connectivity index (χ1n) is 7.26. The second kappa shape index (κ2) is 5.57. The highest BCUT2D eigenvalue weighted by atomic mass is 79.9. The Balaban J connectivity index is 2.07. The summed E-state index contributed by atoms with van der Waals surface area (Å²) in [5.41, 5.74) is 2.18. The molecule has 1 fully saturated rings. The topological polar surface area (TPSA) is 42.7 Å². The Kier molecular flexibility index (Phi) is 3.92. The van der Waals surface area contributed by atoms with Crippen LogP contribution in [0.5, 0.6) is 0 Å². The number of hydrogen-bond acceptors (Lipinski definition) is 4. The normalized spacial score (nSPS) is 20.2. The fraction of sp³-hybridized carbons (Fsp3) is 0.600. The predicted octanol–water partition coefficient (Wildman–Crippen LogP) is 2.63. The molecule has 1 unspecified atom stereocenters. The van der Waals surface area contributed by atoms with Gasteiger partial charge in [0.05, 0.1) is 24.9 Å². The molecule has 1 aliphatic rings. The van der Waals surface area contributed by atoms with Gasteiger partial charge in [0.2, 0.25) is 0 Å². The summed E-state index contributed by atoms with van der Waals surface area (Å²) in [5.74, 6) is 0.994. The monoisotopic (exact) mass is 352 g/mol. The number of fused-ring (bicyclic) bond motifs is 1. The molecule has 0 N–H and O–H groups in total. The van der Waals surface area contributed by atoms with Crippen molar-refractivity contribution in [3.8, 4) is 0 Å². The quantitative estimate of drug-likeness (QED) is 0.779. The molecule has 6 heteroatoms. The van der Waals surface area contributed by atoms with Crippen molar-refractivity contribution < 1.29 is 4.74 Å². The third-order valence-corrected chi connectivity index (χ3v) is 4.56. The van der Waals surface area contributed by atoms with E-state index in [1.165, 1.54) is 0 Å². The third-order valence-electron chi connectivity index (χ3n) is 3.82. The van der Waals surface area contributed by atoms with Gasteiger partial charge in [-0.3, -0.25) is 0 Å². The number of anilines is 1. The summed E-state index contributed by atoms with van der Waals surface area (Å²) >= 11 is 3.58. The molecule has 3 heterocycles. The highest BCUT2D eigenvalue weighted by Crippen LogP contribution is 2.28. The molecule has 0 spiro atoms. The lowest BCUT2D eigenvalue weighted by Gasteiger charge is -2.35. The van der Waals surface area contributed by atoms with Gasteiger partial charge in [-0.15, -0.1) is 0 Å². The van der Waals surface area contributed by atoms with Crippen LogP contribution >= 0.6 is 15.9 Å². The van der Waals surface area contributed by atoms with E-state index in [1.807, 2.05) is 16.9 Å². The number of halogens is 1. The zero-order chi connectivity index (χ0) is 15.0. The Morgan fingerprint density at radius 3 is 2.95 bits per heavy atom. The summed E-state index contributed by atoms with van der Waals surface area (Å²) in [6, 6.07) is 2.47. The summed E-state index contributed by atoms with van der Waals surface area (Å²) in [4.78, 5) is 6.93. The maximum absolute atomic E-state index is 5.57. The predicted molar refractivity (Wildman–Crippen MR) is 87.4 cm³/mol. The number of alkyl halides is 1. The van der Waals surface area contributed by atoms with Crippen LogP contribution in [-0.2, 0) is 10.2 Å². The maximum Gasteiger partial charge on any atom is 0.155 e. The highest BCUT2D eigenvalue weighted by molar-refractivity contribution is 9.09. The van der Waals surface area contributed by atoms with Crippen molar-refractivity contribution >= 4 is 27.3 Å². The van der Waals surface area contributed by atoms with Gasteiger partial charge >= 0.3 is 0 Å². The minimum atomic E-state index is 0.0309. The van der Waals surface area contributed by atoms with Crippen molar-refractivity contribution in [2.75, 3.05) is 30.0 Å². The summed E-state index contributed by atoms with van der Waals surface area (Å²) in [7, 11) is 0. The number of nitrogens with zero attached hydrogens (tertiary/aromatic N) is 4. The summed E-state index contributed by atoms with van der Waals surface area (Å²) in [5, 5.41) is 5.57. The molecule has 2 aromatic rings. The Bertz CT molecular complexity index is 634. The molecular formula is C15H21BrN4O. The molecule has 21 heavy (non-hydrogen) atoms. The number of ether oxygens (including phenoxy) is 1. The van der Waals surface area contributed by atoms with Crippen molar-refractivity contribution in [1.82, 2.24) is 14.6 Å². The van der Waals surface area contributed by atoms with Gasteiger partial charge in [-0.2, -0.15) is 5.10 Å². The van der Waals surface area contributed by atoms with Crippen molar-refractivity contribution in [2.45, 2.75) is 32.2 Å². The van der Waals surface area contributed by atoms with Gasteiger partial charge in [0.15, 0.2) is 5.82 Å². The summed E-state index contributed by atoms with van der Waals surface area (Å²) in [6.07, 6.45) is 3.74. The largest absolute Gasteiger partial charge is 0.377 e. The van der Waals surface area contributed by atoms with Crippen LogP contribution in [0.3, 0.4) is 0 Å². The molecule has 2 aromatic heterocycles. The number of morpholine rings is 1. The van der Waals surface area contributed by atoms with Gasteiger partial charge in [-0.05, 0) is 6.07 Å². The molecule has 0 bridgehead atoms. The van der Waals surface area contributed by atoms with Gasteiger partial charge in [0, 0.05) is 29.7 Å². The van der Waals surface area contributed by atoms with Crippen LogP contribution in [0.2, 0.25) is 0 Å². The molecule has 0 aromatic carbocycles.